The van der Waals surface area contributed by atoms with E-state index in [1.54, 1.807) is 0 Å². The number of nitrogens with two attached hydrogens (primary N) is 1. The largest absolute Gasteiger partial charge is 0.390 e. The highest BCUT2D eigenvalue weighted by atomic mass is 19.3. The second kappa shape index (κ2) is 6.43. The Kier molecular flexibility index (Phi) is 5.47. The quantitative estimate of drug-likeness (QED) is 0.649. The Morgan fingerprint density at radius 1 is 1.28 bits per heavy atom. The summed E-state index contributed by atoms with van der Waals surface area (Å²) in [7, 11) is 0. The standard InChI is InChI=1S/C12H22F2N2O2/c13-12(14,9-17)8-16-10(18)11(7-15)5-3-1-2-4-6-11/h17H,1-9,15H2,(H,16,18). The van der Waals surface area contributed by atoms with Gasteiger partial charge >= 0.3 is 0 Å². The first-order valence-electron chi connectivity index (χ1n) is 6.43. The van der Waals surface area contributed by atoms with Crippen molar-refractivity contribution in [3.8, 4) is 0 Å². The highest BCUT2D eigenvalue weighted by Gasteiger charge is 2.38. The van der Waals surface area contributed by atoms with Crippen molar-refractivity contribution in [1.82, 2.24) is 5.32 Å². The van der Waals surface area contributed by atoms with Crippen LogP contribution in [0.25, 0.3) is 0 Å². The molecule has 0 radical (unpaired) electrons. The maximum absolute atomic E-state index is 12.9. The zero-order valence-electron chi connectivity index (χ0n) is 10.6. The van der Waals surface area contributed by atoms with E-state index in [1.165, 1.54) is 0 Å². The molecule has 0 aromatic heterocycles. The van der Waals surface area contributed by atoms with E-state index < -0.39 is 30.4 Å². The molecule has 1 amide bonds. The molecule has 1 rings (SSSR count). The summed E-state index contributed by atoms with van der Waals surface area (Å²) in [5, 5.41) is 10.7. The number of halogens is 2. The van der Waals surface area contributed by atoms with Crippen LogP contribution in [0.4, 0.5) is 8.78 Å². The van der Waals surface area contributed by atoms with Gasteiger partial charge in [0.2, 0.25) is 5.91 Å². The van der Waals surface area contributed by atoms with Gasteiger partial charge in [-0.3, -0.25) is 4.79 Å². The van der Waals surface area contributed by atoms with Crippen molar-refractivity contribution in [2.75, 3.05) is 19.7 Å². The van der Waals surface area contributed by atoms with Crippen LogP contribution in [0.1, 0.15) is 38.5 Å². The summed E-state index contributed by atoms with van der Waals surface area (Å²) in [6.07, 6.45) is 5.23. The molecule has 0 saturated heterocycles. The molecule has 0 aromatic rings. The van der Waals surface area contributed by atoms with Crippen molar-refractivity contribution in [2.24, 2.45) is 11.1 Å². The molecule has 1 saturated carbocycles. The number of alkyl halides is 2. The van der Waals surface area contributed by atoms with Gasteiger partial charge in [0.1, 0.15) is 6.61 Å². The van der Waals surface area contributed by atoms with E-state index in [4.69, 9.17) is 10.8 Å². The number of carbonyl (C=O) groups is 1. The van der Waals surface area contributed by atoms with Crippen LogP contribution in [0, 0.1) is 5.41 Å². The second-order valence-electron chi connectivity index (χ2n) is 5.10. The molecule has 1 fully saturated rings. The number of amides is 1. The molecular weight excluding hydrogens is 242 g/mol. The minimum Gasteiger partial charge on any atom is -0.390 e. The molecule has 0 aromatic carbocycles. The Labute approximate surface area is 106 Å². The number of hydrogen-bond donors (Lipinski definition) is 3. The first kappa shape index (κ1) is 15.3. The van der Waals surface area contributed by atoms with Gasteiger partial charge in [-0.2, -0.15) is 0 Å². The van der Waals surface area contributed by atoms with Gasteiger partial charge in [0.05, 0.1) is 12.0 Å². The van der Waals surface area contributed by atoms with E-state index in [9.17, 15) is 13.6 Å². The number of aliphatic hydroxyl groups is 1. The molecular formula is C12H22F2N2O2. The van der Waals surface area contributed by atoms with Crippen LogP contribution in [0.5, 0.6) is 0 Å². The molecule has 106 valence electrons. The average molecular weight is 264 g/mol. The van der Waals surface area contributed by atoms with Crippen molar-refractivity contribution in [3.63, 3.8) is 0 Å². The fourth-order valence-corrected chi connectivity index (χ4v) is 2.38. The Morgan fingerprint density at radius 3 is 2.28 bits per heavy atom. The van der Waals surface area contributed by atoms with Crippen LogP contribution in [-0.2, 0) is 4.79 Å². The maximum atomic E-state index is 12.9. The lowest BCUT2D eigenvalue weighted by atomic mass is 9.79. The minimum absolute atomic E-state index is 0.184. The molecule has 18 heavy (non-hydrogen) atoms. The number of aliphatic hydroxyl groups excluding tert-OH is 1. The predicted molar refractivity (Wildman–Crippen MR) is 64.2 cm³/mol. The van der Waals surface area contributed by atoms with E-state index in [-0.39, 0.29) is 6.54 Å². The van der Waals surface area contributed by atoms with Crippen LogP contribution >= 0.6 is 0 Å². The maximum Gasteiger partial charge on any atom is 0.287 e. The van der Waals surface area contributed by atoms with Gasteiger partial charge in [-0.15, -0.1) is 0 Å². The lowest BCUT2D eigenvalue weighted by Gasteiger charge is -2.30. The Hall–Kier alpha value is -0.750. The van der Waals surface area contributed by atoms with Crippen molar-refractivity contribution in [3.05, 3.63) is 0 Å². The summed E-state index contributed by atoms with van der Waals surface area (Å²) in [6.45, 7) is -1.91. The first-order chi connectivity index (χ1) is 8.46. The SMILES string of the molecule is NCC1(C(=O)NCC(F)(F)CO)CCCCCC1. The van der Waals surface area contributed by atoms with Crippen LogP contribution in [0.2, 0.25) is 0 Å². The molecule has 0 aliphatic heterocycles. The van der Waals surface area contributed by atoms with Gasteiger partial charge in [0.15, 0.2) is 0 Å². The van der Waals surface area contributed by atoms with E-state index in [0.717, 1.165) is 25.7 Å². The van der Waals surface area contributed by atoms with Crippen molar-refractivity contribution in [2.45, 2.75) is 44.4 Å². The molecule has 0 bridgehead atoms. The van der Waals surface area contributed by atoms with E-state index >= 15 is 0 Å². The van der Waals surface area contributed by atoms with E-state index in [1.807, 2.05) is 0 Å². The molecule has 0 unspecified atom stereocenters. The molecule has 1 aliphatic carbocycles. The Bertz CT molecular complexity index is 277. The van der Waals surface area contributed by atoms with Gasteiger partial charge in [0.25, 0.3) is 5.92 Å². The van der Waals surface area contributed by atoms with Gasteiger partial charge in [0, 0.05) is 6.54 Å². The monoisotopic (exact) mass is 264 g/mol. The average Bonchev–Trinajstić information content (AvgIpc) is 2.62. The van der Waals surface area contributed by atoms with Gasteiger partial charge in [-0.25, -0.2) is 8.78 Å². The summed E-state index contributed by atoms with van der Waals surface area (Å²) < 4.78 is 25.8. The second-order valence-corrected chi connectivity index (χ2v) is 5.10. The number of carbonyl (C=O) groups excluding carboxylic acids is 1. The topological polar surface area (TPSA) is 75.4 Å². The van der Waals surface area contributed by atoms with E-state index in [0.29, 0.717) is 12.8 Å². The highest BCUT2D eigenvalue weighted by Crippen LogP contribution is 2.34. The molecule has 4 N–H and O–H groups in total. The molecule has 0 atom stereocenters. The molecule has 0 heterocycles. The number of hydrogen-bond acceptors (Lipinski definition) is 3. The van der Waals surface area contributed by atoms with Gasteiger partial charge < -0.3 is 16.2 Å². The summed E-state index contributed by atoms with van der Waals surface area (Å²) in [5.41, 5.74) is 4.98. The van der Waals surface area contributed by atoms with E-state index in [2.05, 4.69) is 5.32 Å². The molecule has 0 spiro atoms. The molecule has 6 heteroatoms. The fourth-order valence-electron chi connectivity index (χ4n) is 2.38. The normalized spacial score (nSPS) is 20.2. The zero-order valence-corrected chi connectivity index (χ0v) is 10.6. The Morgan fingerprint density at radius 2 is 1.83 bits per heavy atom. The number of nitrogens with one attached hydrogen (secondary N) is 1. The molecule has 4 nitrogen and oxygen atoms in total. The Balaban J connectivity index is 2.61. The minimum atomic E-state index is -3.27. The predicted octanol–water partition coefficient (Wildman–Crippen LogP) is 1.03. The summed E-state index contributed by atoms with van der Waals surface area (Å²) in [4.78, 5) is 12.1. The zero-order chi connectivity index (χ0) is 13.6. The van der Waals surface area contributed by atoms with Crippen LogP contribution in [0.3, 0.4) is 0 Å². The van der Waals surface area contributed by atoms with Crippen LogP contribution in [-0.4, -0.2) is 36.6 Å². The van der Waals surface area contributed by atoms with Crippen LogP contribution < -0.4 is 11.1 Å². The van der Waals surface area contributed by atoms with Crippen molar-refractivity contribution < 1.29 is 18.7 Å². The highest BCUT2D eigenvalue weighted by molar-refractivity contribution is 5.83. The number of rotatable bonds is 5. The lowest BCUT2D eigenvalue weighted by molar-refractivity contribution is -0.134. The summed E-state index contributed by atoms with van der Waals surface area (Å²) in [5.74, 6) is -3.67. The smallest absolute Gasteiger partial charge is 0.287 e. The third-order valence-corrected chi connectivity index (χ3v) is 3.67. The van der Waals surface area contributed by atoms with Crippen LogP contribution in [0.15, 0.2) is 0 Å². The van der Waals surface area contributed by atoms with Gasteiger partial charge in [-0.05, 0) is 12.8 Å². The first-order valence-corrected chi connectivity index (χ1v) is 6.43. The lowest BCUT2D eigenvalue weighted by Crippen LogP contribution is -2.49. The van der Waals surface area contributed by atoms with Gasteiger partial charge in [-0.1, -0.05) is 25.7 Å². The van der Waals surface area contributed by atoms with Crippen molar-refractivity contribution in [1.29, 1.82) is 0 Å². The third-order valence-electron chi connectivity index (χ3n) is 3.67. The third kappa shape index (κ3) is 3.88. The molecule has 1 aliphatic rings. The van der Waals surface area contributed by atoms with Crippen molar-refractivity contribution >= 4 is 5.91 Å². The summed E-state index contributed by atoms with van der Waals surface area (Å²) in [6, 6.07) is 0. The fraction of sp³-hybridized carbons (Fsp3) is 0.917. The summed E-state index contributed by atoms with van der Waals surface area (Å²) >= 11 is 0.